The van der Waals surface area contributed by atoms with E-state index < -0.39 is 5.97 Å². The van der Waals surface area contributed by atoms with Crippen LogP contribution in [0.2, 0.25) is 0 Å². The summed E-state index contributed by atoms with van der Waals surface area (Å²) in [5, 5.41) is 17.3. The van der Waals surface area contributed by atoms with Gasteiger partial charge in [0.05, 0.1) is 17.9 Å². The molecule has 8 heteroatoms. The van der Waals surface area contributed by atoms with Crippen molar-refractivity contribution in [3.8, 4) is 0 Å². The Morgan fingerprint density at radius 1 is 1.44 bits per heavy atom. The monoisotopic (exact) mass is 378 g/mol. The van der Waals surface area contributed by atoms with Gasteiger partial charge in [0.2, 0.25) is 5.91 Å². The van der Waals surface area contributed by atoms with Crippen molar-refractivity contribution in [2.45, 2.75) is 30.7 Å². The summed E-state index contributed by atoms with van der Waals surface area (Å²) in [5.41, 5.74) is 1.44. The summed E-state index contributed by atoms with van der Waals surface area (Å²) in [6, 6.07) is 5.04. The third-order valence-corrected chi connectivity index (χ3v) is 5.64. The topological polar surface area (TPSA) is 82.3 Å². The second kappa shape index (κ2) is 7.88. The van der Waals surface area contributed by atoms with Crippen molar-refractivity contribution >= 4 is 40.0 Å². The van der Waals surface area contributed by atoms with Crippen LogP contribution in [0.4, 0.5) is 5.00 Å². The highest BCUT2D eigenvalue weighted by atomic mass is 32.2. The van der Waals surface area contributed by atoms with Gasteiger partial charge in [0.1, 0.15) is 5.00 Å². The molecule has 1 fully saturated rings. The number of esters is 1. The number of nitrogens with one attached hydrogen (secondary N) is 1. The molecular weight excluding hydrogens is 360 g/mol. The first kappa shape index (κ1) is 17.8. The molecule has 2 heterocycles. The normalized spacial score (nSPS) is 13.5. The number of carbonyl (C=O) groups is 2. The van der Waals surface area contributed by atoms with Crippen molar-refractivity contribution in [1.82, 2.24) is 0 Å². The molecule has 0 saturated heterocycles. The molecule has 0 spiro atoms. The standard InChI is InChI=1S/C17H18N2O4S2/c1-2-23-17(21)15-12(11-6-7-11)9-25-16(15)18-13(20)10-24-14-5-3-4-8-19(14)22/h3-5,8-9,11H,2,6-7,10H2,1H3,(H,18,20). The van der Waals surface area contributed by atoms with E-state index in [0.717, 1.165) is 34.9 Å². The summed E-state index contributed by atoms with van der Waals surface area (Å²) in [5.74, 6) is -0.178. The first-order valence-corrected chi connectivity index (χ1v) is 9.86. The van der Waals surface area contributed by atoms with Crippen LogP contribution < -0.4 is 10.0 Å². The lowest BCUT2D eigenvalue weighted by molar-refractivity contribution is -0.645. The van der Waals surface area contributed by atoms with Crippen LogP contribution in [0.5, 0.6) is 0 Å². The van der Waals surface area contributed by atoms with E-state index in [0.29, 0.717) is 28.1 Å². The molecule has 0 aromatic carbocycles. The lowest BCUT2D eigenvalue weighted by Gasteiger charge is -2.08. The first-order valence-electron chi connectivity index (χ1n) is 7.99. The van der Waals surface area contributed by atoms with Crippen LogP contribution in [-0.4, -0.2) is 24.2 Å². The minimum absolute atomic E-state index is 0.0885. The van der Waals surface area contributed by atoms with Gasteiger partial charge in [-0.05, 0) is 54.5 Å². The molecule has 6 nitrogen and oxygen atoms in total. The average Bonchev–Trinajstić information content (AvgIpc) is 3.35. The first-order chi connectivity index (χ1) is 12.1. The largest absolute Gasteiger partial charge is 0.618 e. The van der Waals surface area contributed by atoms with Crippen LogP contribution in [0.3, 0.4) is 0 Å². The number of amides is 1. The quantitative estimate of drug-likeness (QED) is 0.346. The molecule has 2 aromatic heterocycles. The van der Waals surface area contributed by atoms with E-state index in [4.69, 9.17) is 4.74 Å². The number of hydrogen-bond donors (Lipinski definition) is 1. The van der Waals surface area contributed by atoms with Gasteiger partial charge in [-0.25, -0.2) is 4.79 Å². The molecule has 0 bridgehead atoms. The van der Waals surface area contributed by atoms with Gasteiger partial charge in [-0.2, -0.15) is 4.73 Å². The fourth-order valence-electron chi connectivity index (χ4n) is 2.40. The molecule has 2 aromatic rings. The number of nitrogens with zero attached hydrogens (tertiary/aromatic N) is 1. The van der Waals surface area contributed by atoms with Crippen molar-refractivity contribution in [3.63, 3.8) is 0 Å². The van der Waals surface area contributed by atoms with E-state index in [1.54, 1.807) is 25.1 Å². The Morgan fingerprint density at radius 2 is 2.24 bits per heavy atom. The van der Waals surface area contributed by atoms with Gasteiger partial charge < -0.3 is 15.3 Å². The van der Waals surface area contributed by atoms with Gasteiger partial charge in [-0.1, -0.05) is 0 Å². The molecule has 132 valence electrons. The summed E-state index contributed by atoms with van der Waals surface area (Å²) >= 11 is 2.49. The molecule has 1 saturated carbocycles. The fraction of sp³-hybridized carbons (Fsp3) is 0.353. The molecule has 1 aliphatic carbocycles. The maximum absolute atomic E-state index is 12.3. The van der Waals surface area contributed by atoms with Gasteiger partial charge in [-0.15, -0.1) is 11.3 Å². The van der Waals surface area contributed by atoms with Crippen molar-refractivity contribution < 1.29 is 19.1 Å². The second-order valence-corrected chi connectivity index (χ2v) is 7.47. The molecule has 1 aliphatic rings. The van der Waals surface area contributed by atoms with E-state index in [1.807, 2.05) is 5.38 Å². The fourth-order valence-corrected chi connectivity index (χ4v) is 4.16. The number of rotatable bonds is 7. The second-order valence-electron chi connectivity index (χ2n) is 5.59. The Bertz CT molecular complexity index is 787. The number of hydrogen-bond acceptors (Lipinski definition) is 6. The number of aromatic nitrogens is 1. The molecule has 3 rings (SSSR count). The maximum atomic E-state index is 12.3. The van der Waals surface area contributed by atoms with E-state index >= 15 is 0 Å². The van der Waals surface area contributed by atoms with Gasteiger partial charge in [0.15, 0.2) is 6.20 Å². The number of pyridine rings is 1. The molecular formula is C17H18N2O4S2. The number of anilines is 1. The minimum atomic E-state index is -0.394. The molecule has 0 aliphatic heterocycles. The van der Waals surface area contributed by atoms with Gasteiger partial charge >= 0.3 is 5.97 Å². The zero-order valence-corrected chi connectivity index (χ0v) is 15.3. The number of ether oxygens (including phenoxy) is 1. The Morgan fingerprint density at radius 3 is 2.92 bits per heavy atom. The highest BCUT2D eigenvalue weighted by Crippen LogP contribution is 2.46. The van der Waals surface area contributed by atoms with Gasteiger partial charge in [0.25, 0.3) is 5.03 Å². The number of thioether (sulfide) groups is 1. The molecule has 25 heavy (non-hydrogen) atoms. The van der Waals surface area contributed by atoms with Crippen LogP contribution in [0, 0.1) is 5.21 Å². The molecule has 1 N–H and O–H groups in total. The minimum Gasteiger partial charge on any atom is -0.618 e. The SMILES string of the molecule is CCOC(=O)c1c(C2CC2)csc1NC(=O)CSc1cccc[n+]1[O-]. The van der Waals surface area contributed by atoms with E-state index in [9.17, 15) is 14.8 Å². The van der Waals surface area contributed by atoms with E-state index in [2.05, 4.69) is 5.32 Å². The Kier molecular flexibility index (Phi) is 5.60. The number of thiophene rings is 1. The van der Waals surface area contributed by atoms with Crippen molar-refractivity contribution in [3.05, 3.63) is 46.1 Å². The summed E-state index contributed by atoms with van der Waals surface area (Å²) < 4.78 is 5.86. The van der Waals surface area contributed by atoms with Crippen molar-refractivity contribution in [2.24, 2.45) is 0 Å². The lowest BCUT2D eigenvalue weighted by atomic mass is 10.1. The highest BCUT2D eigenvalue weighted by Gasteiger charge is 2.32. The van der Waals surface area contributed by atoms with Crippen LogP contribution in [0.25, 0.3) is 0 Å². The summed E-state index contributed by atoms with van der Waals surface area (Å²) in [6.07, 6.45) is 3.51. The summed E-state index contributed by atoms with van der Waals surface area (Å²) in [6.45, 7) is 2.05. The van der Waals surface area contributed by atoms with E-state index in [-0.39, 0.29) is 11.7 Å². The average molecular weight is 378 g/mol. The zero-order valence-electron chi connectivity index (χ0n) is 13.7. The van der Waals surface area contributed by atoms with Gasteiger partial charge in [-0.3, -0.25) is 4.79 Å². The highest BCUT2D eigenvalue weighted by molar-refractivity contribution is 7.99. The summed E-state index contributed by atoms with van der Waals surface area (Å²) in [4.78, 5) is 24.5. The lowest BCUT2D eigenvalue weighted by Crippen LogP contribution is -2.28. The third kappa shape index (κ3) is 4.32. The summed E-state index contributed by atoms with van der Waals surface area (Å²) in [7, 11) is 0. The molecule has 1 amide bonds. The van der Waals surface area contributed by atoms with Crippen LogP contribution in [0.15, 0.2) is 34.8 Å². The van der Waals surface area contributed by atoms with Gasteiger partial charge in [0, 0.05) is 12.1 Å². The predicted molar refractivity (Wildman–Crippen MR) is 97.0 cm³/mol. The zero-order chi connectivity index (χ0) is 17.8. The molecule has 0 radical (unpaired) electrons. The maximum Gasteiger partial charge on any atom is 0.341 e. The third-order valence-electron chi connectivity index (χ3n) is 3.71. The van der Waals surface area contributed by atoms with Crippen LogP contribution in [0.1, 0.15) is 41.6 Å². The van der Waals surface area contributed by atoms with Crippen LogP contribution >= 0.6 is 23.1 Å². The number of carbonyl (C=O) groups excluding carboxylic acids is 2. The Labute approximate surface area is 153 Å². The molecule has 0 unspecified atom stereocenters. The van der Waals surface area contributed by atoms with Crippen LogP contribution in [-0.2, 0) is 9.53 Å². The molecule has 0 atom stereocenters. The Hall–Kier alpha value is -2.06. The predicted octanol–water partition coefficient (Wildman–Crippen LogP) is 3.17. The van der Waals surface area contributed by atoms with Crippen molar-refractivity contribution in [1.29, 1.82) is 0 Å². The van der Waals surface area contributed by atoms with E-state index in [1.165, 1.54) is 17.5 Å². The Balaban J connectivity index is 1.68. The van der Waals surface area contributed by atoms with Crippen molar-refractivity contribution in [2.75, 3.05) is 17.7 Å². The smallest absolute Gasteiger partial charge is 0.341 e.